The van der Waals surface area contributed by atoms with Gasteiger partial charge in [-0.3, -0.25) is 0 Å². The van der Waals surface area contributed by atoms with Crippen LogP contribution in [0.2, 0.25) is 0 Å². The Balaban J connectivity index is 1.76. The van der Waals surface area contributed by atoms with Gasteiger partial charge in [0.05, 0.1) is 0 Å². The lowest BCUT2D eigenvalue weighted by molar-refractivity contribution is 0.603. The van der Waals surface area contributed by atoms with Gasteiger partial charge < -0.3 is 0 Å². The summed E-state index contributed by atoms with van der Waals surface area (Å²) in [5.74, 6) is 0. The molecule has 0 heterocycles. The minimum Gasteiger partial charge on any atom is -0.0707 e. The van der Waals surface area contributed by atoms with E-state index in [9.17, 15) is 4.57 Å². The zero-order valence-electron chi connectivity index (χ0n) is 19.7. The van der Waals surface area contributed by atoms with Crippen LogP contribution < -0.4 is 5.30 Å². The van der Waals surface area contributed by atoms with Crippen LogP contribution in [0.1, 0.15) is 0 Å². The van der Waals surface area contributed by atoms with Gasteiger partial charge in [0.1, 0.15) is 0 Å². The summed E-state index contributed by atoms with van der Waals surface area (Å²) in [6, 6.07) is 48.4. The molecule has 2 heteroatoms. The first kappa shape index (κ1) is 22.2. The molecule has 6 rings (SSSR count). The highest BCUT2D eigenvalue weighted by Crippen LogP contribution is 2.42. The van der Waals surface area contributed by atoms with Crippen LogP contribution in [-0.4, -0.2) is 0 Å². The molecule has 0 aliphatic carbocycles. The molecular formula is C34H24OP+. The molecule has 0 spiro atoms. The third-order valence-electron chi connectivity index (χ3n) is 6.70. The summed E-state index contributed by atoms with van der Waals surface area (Å²) >= 11 is 0. The highest BCUT2D eigenvalue weighted by Gasteiger charge is 2.27. The maximum absolute atomic E-state index is 13.1. The zero-order valence-corrected chi connectivity index (χ0v) is 20.7. The number of rotatable bonds is 5. The molecule has 36 heavy (non-hydrogen) atoms. The summed E-state index contributed by atoms with van der Waals surface area (Å²) in [6.07, 6.45) is 0. The van der Waals surface area contributed by atoms with E-state index in [2.05, 4.69) is 97.1 Å². The quantitative estimate of drug-likeness (QED) is 0.225. The van der Waals surface area contributed by atoms with Crippen LogP contribution in [0.15, 0.2) is 140 Å². The second kappa shape index (κ2) is 9.74. The molecule has 1 unspecified atom stereocenters. The van der Waals surface area contributed by atoms with Crippen LogP contribution in [0, 0.1) is 0 Å². The topological polar surface area (TPSA) is 17.1 Å². The Morgan fingerprint density at radius 1 is 0.389 bits per heavy atom. The van der Waals surface area contributed by atoms with Gasteiger partial charge in [0.2, 0.25) is 5.30 Å². The van der Waals surface area contributed by atoms with Gasteiger partial charge in [0, 0.05) is 11.1 Å². The van der Waals surface area contributed by atoms with Crippen LogP contribution in [0.25, 0.3) is 55.3 Å². The van der Waals surface area contributed by atoms with Crippen LogP contribution >= 0.6 is 8.46 Å². The predicted molar refractivity (Wildman–Crippen MR) is 154 cm³/mol. The average molecular weight is 480 g/mol. The highest BCUT2D eigenvalue weighted by atomic mass is 31.1. The molecule has 0 saturated heterocycles. The van der Waals surface area contributed by atoms with E-state index in [1.807, 2.05) is 42.5 Å². The Bertz CT molecular complexity index is 1670. The van der Waals surface area contributed by atoms with Gasteiger partial charge in [-0.25, -0.2) is 0 Å². The fraction of sp³-hybridized carbons (Fsp3) is 0. The SMILES string of the molecule is O=[PH+]c1c(-c2ccccc2)c(-c2ccccc2)cc(-c2ccc3ccccc3c2)c1-c1ccccc1. The highest BCUT2D eigenvalue weighted by molar-refractivity contribution is 7.35. The third kappa shape index (κ3) is 4.05. The van der Waals surface area contributed by atoms with E-state index in [1.165, 1.54) is 10.8 Å². The summed E-state index contributed by atoms with van der Waals surface area (Å²) in [7, 11) is -0.607. The number of hydrogen-bond acceptors (Lipinski definition) is 1. The lowest BCUT2D eigenvalue weighted by atomic mass is 9.85. The largest absolute Gasteiger partial charge is 0.364 e. The van der Waals surface area contributed by atoms with Gasteiger partial charge in [-0.05, 0) is 56.3 Å². The third-order valence-corrected chi connectivity index (χ3v) is 7.40. The fourth-order valence-electron chi connectivity index (χ4n) is 5.02. The number of hydrogen-bond donors (Lipinski definition) is 0. The van der Waals surface area contributed by atoms with Crippen molar-refractivity contribution in [2.24, 2.45) is 0 Å². The smallest absolute Gasteiger partial charge is 0.0707 e. The predicted octanol–water partition coefficient (Wildman–Crippen LogP) is 9.16. The summed E-state index contributed by atoms with van der Waals surface area (Å²) < 4.78 is 13.1. The Labute approximate surface area is 212 Å². The van der Waals surface area contributed by atoms with E-state index in [4.69, 9.17) is 0 Å². The lowest BCUT2D eigenvalue weighted by Crippen LogP contribution is -2.08. The molecular weight excluding hydrogens is 455 g/mol. The molecule has 1 nitrogen and oxygen atoms in total. The Morgan fingerprint density at radius 3 is 1.42 bits per heavy atom. The van der Waals surface area contributed by atoms with E-state index >= 15 is 0 Å². The Morgan fingerprint density at radius 2 is 0.861 bits per heavy atom. The van der Waals surface area contributed by atoms with Gasteiger partial charge in [-0.1, -0.05) is 132 Å². The monoisotopic (exact) mass is 479 g/mol. The second-order valence-corrected chi connectivity index (χ2v) is 9.56. The Kier molecular flexibility index (Phi) is 6.00. The molecule has 0 N–H and O–H groups in total. The molecule has 0 amide bonds. The normalized spacial score (nSPS) is 11.1. The van der Waals surface area contributed by atoms with Gasteiger partial charge in [0.15, 0.2) is 0 Å². The summed E-state index contributed by atoms with van der Waals surface area (Å²) in [4.78, 5) is 0. The molecule has 0 aliphatic heterocycles. The summed E-state index contributed by atoms with van der Waals surface area (Å²) in [6.45, 7) is 0. The van der Waals surface area contributed by atoms with Gasteiger partial charge in [-0.15, -0.1) is 0 Å². The van der Waals surface area contributed by atoms with Crippen molar-refractivity contribution in [2.45, 2.75) is 0 Å². The van der Waals surface area contributed by atoms with Crippen molar-refractivity contribution in [3.63, 3.8) is 0 Å². The zero-order chi connectivity index (χ0) is 24.3. The van der Waals surface area contributed by atoms with Gasteiger partial charge in [0.25, 0.3) is 0 Å². The van der Waals surface area contributed by atoms with Crippen molar-refractivity contribution in [2.75, 3.05) is 0 Å². The molecule has 6 aromatic rings. The summed E-state index contributed by atoms with van der Waals surface area (Å²) in [5, 5.41) is 3.25. The Hall–Kier alpha value is -4.32. The van der Waals surface area contributed by atoms with E-state index in [-0.39, 0.29) is 0 Å². The maximum Gasteiger partial charge on any atom is 0.364 e. The van der Waals surface area contributed by atoms with E-state index in [0.717, 1.165) is 49.8 Å². The van der Waals surface area contributed by atoms with Crippen molar-refractivity contribution in [3.05, 3.63) is 140 Å². The molecule has 6 aromatic carbocycles. The fourth-order valence-corrected chi connectivity index (χ4v) is 5.79. The maximum atomic E-state index is 13.1. The standard InChI is InChI=1S/C34H23OP/c35-36-34-32(26-15-6-2-7-16-26)30(25-13-4-1-5-14-25)23-31(33(34)27-17-8-3-9-18-27)29-21-20-24-12-10-11-19-28(24)22-29/h1-23H/p+1. The molecule has 0 saturated carbocycles. The molecule has 0 radical (unpaired) electrons. The minimum absolute atomic E-state index is 0.607. The van der Waals surface area contributed by atoms with Crippen molar-refractivity contribution in [1.82, 2.24) is 0 Å². The van der Waals surface area contributed by atoms with E-state index < -0.39 is 8.46 Å². The number of benzene rings is 6. The number of fused-ring (bicyclic) bond motifs is 1. The van der Waals surface area contributed by atoms with Crippen LogP contribution in [-0.2, 0) is 4.57 Å². The molecule has 0 bridgehead atoms. The molecule has 170 valence electrons. The minimum atomic E-state index is -0.607. The molecule has 0 aliphatic rings. The van der Waals surface area contributed by atoms with E-state index in [0.29, 0.717) is 0 Å². The van der Waals surface area contributed by atoms with E-state index in [1.54, 1.807) is 0 Å². The first-order chi connectivity index (χ1) is 17.8. The molecule has 0 aromatic heterocycles. The van der Waals surface area contributed by atoms with Gasteiger partial charge >= 0.3 is 8.46 Å². The first-order valence-electron chi connectivity index (χ1n) is 12.1. The lowest BCUT2D eigenvalue weighted by Gasteiger charge is -2.18. The van der Waals surface area contributed by atoms with Crippen LogP contribution in [0.3, 0.4) is 0 Å². The van der Waals surface area contributed by atoms with Crippen molar-refractivity contribution < 1.29 is 4.57 Å². The van der Waals surface area contributed by atoms with Crippen molar-refractivity contribution in [1.29, 1.82) is 0 Å². The van der Waals surface area contributed by atoms with Crippen molar-refractivity contribution >= 4 is 24.5 Å². The van der Waals surface area contributed by atoms with Crippen molar-refractivity contribution in [3.8, 4) is 44.5 Å². The van der Waals surface area contributed by atoms with Crippen LogP contribution in [0.4, 0.5) is 0 Å². The van der Waals surface area contributed by atoms with Crippen LogP contribution in [0.5, 0.6) is 0 Å². The van der Waals surface area contributed by atoms with Gasteiger partial charge in [-0.2, -0.15) is 0 Å². The summed E-state index contributed by atoms with van der Waals surface area (Å²) in [5.41, 5.74) is 8.58. The first-order valence-corrected chi connectivity index (χ1v) is 13.0. The average Bonchev–Trinajstić information content (AvgIpc) is 2.97. The second-order valence-electron chi connectivity index (χ2n) is 8.86. The molecule has 1 atom stereocenters. The molecule has 0 fully saturated rings.